The smallest absolute Gasteiger partial charge is 0.260 e. The number of aromatic nitrogens is 1. The summed E-state index contributed by atoms with van der Waals surface area (Å²) in [5.74, 6) is 0.974. The van der Waals surface area contributed by atoms with E-state index in [1.165, 1.54) is 0 Å². The number of pyridine rings is 1. The maximum Gasteiger partial charge on any atom is 0.260 e. The minimum absolute atomic E-state index is 0.126. The molecule has 0 aliphatic carbocycles. The Morgan fingerprint density at radius 1 is 0.969 bits per heavy atom. The Morgan fingerprint density at radius 3 is 2.38 bits per heavy atom. The lowest BCUT2D eigenvalue weighted by Gasteiger charge is -2.25. The van der Waals surface area contributed by atoms with E-state index in [4.69, 9.17) is 15.2 Å². The number of hydrogen-bond donors (Lipinski definition) is 1. The fraction of sp³-hybridized carbons (Fsp3) is 0.115. The molecule has 2 N–H and O–H groups in total. The number of fused-ring (bicyclic) bond motifs is 1. The van der Waals surface area contributed by atoms with Crippen LogP contribution >= 0.6 is 15.9 Å². The predicted molar refractivity (Wildman–Crippen MR) is 130 cm³/mol. The first kappa shape index (κ1) is 20.4. The summed E-state index contributed by atoms with van der Waals surface area (Å²) in [6, 6.07) is 25.1. The highest BCUT2D eigenvalue weighted by atomic mass is 79.9. The summed E-state index contributed by atoms with van der Waals surface area (Å²) in [7, 11) is 0. The molecule has 1 aliphatic heterocycles. The molecular formula is C26H21BrN2O3. The lowest BCUT2D eigenvalue weighted by atomic mass is 9.97. The van der Waals surface area contributed by atoms with Crippen molar-refractivity contribution in [2.75, 3.05) is 12.5 Å². The highest BCUT2D eigenvalue weighted by Gasteiger charge is 2.28. The van der Waals surface area contributed by atoms with Crippen molar-refractivity contribution < 1.29 is 9.47 Å². The van der Waals surface area contributed by atoms with Crippen molar-refractivity contribution in [3.8, 4) is 11.1 Å². The topological polar surface area (TPSA) is 66.5 Å². The van der Waals surface area contributed by atoms with Crippen molar-refractivity contribution in [2.45, 2.75) is 12.5 Å². The highest BCUT2D eigenvalue weighted by Crippen LogP contribution is 2.37. The van der Waals surface area contributed by atoms with E-state index in [9.17, 15) is 4.79 Å². The van der Waals surface area contributed by atoms with Crippen LogP contribution in [0.25, 0.3) is 21.9 Å². The molecule has 2 heterocycles. The third-order valence-corrected chi connectivity index (χ3v) is 6.18. The SMILES string of the molecule is Nc1c(-c2ccccc2)c2cc(Br)ccc2c(=O)n1C(Cc1ccccc1)C1=COCO1. The minimum Gasteiger partial charge on any atom is -0.462 e. The van der Waals surface area contributed by atoms with Gasteiger partial charge in [-0.3, -0.25) is 9.36 Å². The molecule has 0 bridgehead atoms. The zero-order valence-corrected chi connectivity index (χ0v) is 18.8. The van der Waals surface area contributed by atoms with Crippen LogP contribution in [-0.2, 0) is 15.9 Å². The van der Waals surface area contributed by atoms with Crippen LogP contribution in [0.5, 0.6) is 0 Å². The lowest BCUT2D eigenvalue weighted by Crippen LogP contribution is -2.30. The van der Waals surface area contributed by atoms with Gasteiger partial charge in [0, 0.05) is 21.8 Å². The van der Waals surface area contributed by atoms with E-state index in [1.807, 2.05) is 78.9 Å². The first-order chi connectivity index (χ1) is 15.6. The van der Waals surface area contributed by atoms with Gasteiger partial charge in [-0.1, -0.05) is 76.6 Å². The van der Waals surface area contributed by atoms with E-state index in [1.54, 1.807) is 10.8 Å². The largest absolute Gasteiger partial charge is 0.462 e. The molecule has 4 aromatic rings. The molecule has 1 unspecified atom stereocenters. The summed E-state index contributed by atoms with van der Waals surface area (Å²) in [6.45, 7) is 0.126. The van der Waals surface area contributed by atoms with E-state index in [-0.39, 0.29) is 12.4 Å². The third-order valence-electron chi connectivity index (χ3n) is 5.68. The lowest BCUT2D eigenvalue weighted by molar-refractivity contribution is 0.0711. The molecule has 0 spiro atoms. The molecule has 0 radical (unpaired) electrons. The van der Waals surface area contributed by atoms with Gasteiger partial charge in [0.2, 0.25) is 6.79 Å². The summed E-state index contributed by atoms with van der Waals surface area (Å²) in [4.78, 5) is 13.8. The van der Waals surface area contributed by atoms with Crippen molar-refractivity contribution in [1.29, 1.82) is 0 Å². The van der Waals surface area contributed by atoms with Crippen molar-refractivity contribution in [3.05, 3.63) is 111 Å². The van der Waals surface area contributed by atoms with E-state index in [0.717, 1.165) is 26.5 Å². The van der Waals surface area contributed by atoms with Crippen molar-refractivity contribution >= 4 is 32.5 Å². The molecule has 5 rings (SSSR count). The molecule has 1 aliphatic rings. The zero-order chi connectivity index (χ0) is 22.1. The molecule has 0 fully saturated rings. The van der Waals surface area contributed by atoms with Gasteiger partial charge in [0.25, 0.3) is 5.56 Å². The van der Waals surface area contributed by atoms with Gasteiger partial charge in [-0.15, -0.1) is 0 Å². The van der Waals surface area contributed by atoms with Gasteiger partial charge in [-0.05, 0) is 34.7 Å². The maximum atomic E-state index is 13.8. The summed E-state index contributed by atoms with van der Waals surface area (Å²) < 4.78 is 13.6. The van der Waals surface area contributed by atoms with Crippen LogP contribution in [0.15, 0.2) is 100 Å². The Morgan fingerprint density at radius 2 is 1.69 bits per heavy atom. The second kappa shape index (κ2) is 8.55. The number of rotatable bonds is 5. The van der Waals surface area contributed by atoms with E-state index < -0.39 is 6.04 Å². The average molecular weight is 489 g/mol. The van der Waals surface area contributed by atoms with Crippen molar-refractivity contribution in [2.24, 2.45) is 0 Å². The minimum atomic E-state index is -0.442. The quantitative estimate of drug-likeness (QED) is 0.394. The van der Waals surface area contributed by atoms with Crippen LogP contribution < -0.4 is 11.3 Å². The number of halogens is 1. The normalized spacial score (nSPS) is 14.0. The number of nitrogens with two attached hydrogens (primary N) is 1. The highest BCUT2D eigenvalue weighted by molar-refractivity contribution is 9.10. The molecular weight excluding hydrogens is 468 g/mol. The zero-order valence-electron chi connectivity index (χ0n) is 17.2. The van der Waals surface area contributed by atoms with E-state index in [0.29, 0.717) is 23.4 Å². The Kier molecular flexibility index (Phi) is 5.45. The Balaban J connectivity index is 1.80. The molecule has 32 heavy (non-hydrogen) atoms. The Labute approximate surface area is 193 Å². The summed E-state index contributed by atoms with van der Waals surface area (Å²) in [5.41, 5.74) is 9.44. The van der Waals surface area contributed by atoms with Crippen LogP contribution in [0.4, 0.5) is 5.82 Å². The number of ether oxygens (including phenoxy) is 2. The number of nitrogen functional groups attached to an aromatic ring is 1. The van der Waals surface area contributed by atoms with Gasteiger partial charge in [-0.25, -0.2) is 0 Å². The van der Waals surface area contributed by atoms with E-state index >= 15 is 0 Å². The fourth-order valence-corrected chi connectivity index (χ4v) is 4.57. The van der Waals surface area contributed by atoms with Crippen LogP contribution in [0, 0.1) is 0 Å². The molecule has 0 amide bonds. The molecule has 1 atom stereocenters. The van der Waals surface area contributed by atoms with Gasteiger partial charge >= 0.3 is 0 Å². The summed E-state index contributed by atoms with van der Waals surface area (Å²) >= 11 is 3.54. The molecule has 5 nitrogen and oxygen atoms in total. The van der Waals surface area contributed by atoms with Crippen LogP contribution in [-0.4, -0.2) is 11.4 Å². The van der Waals surface area contributed by atoms with Gasteiger partial charge in [0.15, 0.2) is 5.76 Å². The van der Waals surface area contributed by atoms with Gasteiger partial charge in [0.1, 0.15) is 18.1 Å². The molecule has 6 heteroatoms. The first-order valence-corrected chi connectivity index (χ1v) is 11.1. The maximum absolute atomic E-state index is 13.8. The second-order valence-corrected chi connectivity index (χ2v) is 8.56. The Hall–Kier alpha value is -3.51. The molecule has 3 aromatic carbocycles. The van der Waals surface area contributed by atoms with Crippen LogP contribution in [0.3, 0.4) is 0 Å². The number of anilines is 1. The number of nitrogens with zero attached hydrogens (tertiary/aromatic N) is 1. The molecule has 160 valence electrons. The Bertz CT molecular complexity index is 1360. The standard InChI is InChI=1S/C26H21BrN2O3/c27-19-11-12-20-21(14-19)24(18-9-5-2-6-10-18)25(28)29(26(20)30)22(23-15-31-16-32-23)13-17-7-3-1-4-8-17/h1-12,14-15,22H,13,16,28H2. The number of allylic oxidation sites excluding steroid dienone is 1. The second-order valence-electron chi connectivity index (χ2n) is 7.65. The molecule has 0 saturated carbocycles. The first-order valence-electron chi connectivity index (χ1n) is 10.3. The molecule has 1 aromatic heterocycles. The average Bonchev–Trinajstić information content (AvgIpc) is 3.34. The van der Waals surface area contributed by atoms with Crippen molar-refractivity contribution in [3.63, 3.8) is 0 Å². The predicted octanol–water partition coefficient (Wildman–Crippen LogP) is 5.64. The van der Waals surface area contributed by atoms with Crippen molar-refractivity contribution in [1.82, 2.24) is 4.57 Å². The summed E-state index contributed by atoms with van der Waals surface area (Å²) in [6.07, 6.45) is 2.11. The van der Waals surface area contributed by atoms with Gasteiger partial charge in [0.05, 0.1) is 0 Å². The summed E-state index contributed by atoms with van der Waals surface area (Å²) in [5, 5.41) is 1.40. The van der Waals surface area contributed by atoms with Gasteiger partial charge in [-0.2, -0.15) is 0 Å². The van der Waals surface area contributed by atoms with Crippen LogP contribution in [0.2, 0.25) is 0 Å². The third kappa shape index (κ3) is 3.67. The van der Waals surface area contributed by atoms with Gasteiger partial charge < -0.3 is 15.2 Å². The monoisotopic (exact) mass is 488 g/mol. The van der Waals surface area contributed by atoms with E-state index in [2.05, 4.69) is 15.9 Å². The fourth-order valence-electron chi connectivity index (χ4n) is 4.21. The number of hydrogen-bond acceptors (Lipinski definition) is 4. The molecule has 0 saturated heterocycles. The number of benzene rings is 3. The van der Waals surface area contributed by atoms with Crippen LogP contribution in [0.1, 0.15) is 11.6 Å².